The lowest BCUT2D eigenvalue weighted by atomic mass is 9.95. The van der Waals surface area contributed by atoms with Crippen molar-refractivity contribution in [3.63, 3.8) is 0 Å². The number of carbonyl (C=O) groups excluding carboxylic acids is 1. The average Bonchev–Trinajstić information content (AvgIpc) is 3.13. The number of azo groups is 1. The third kappa shape index (κ3) is 3.91. The normalized spacial score (nSPS) is 12.2. The van der Waals surface area contributed by atoms with Crippen molar-refractivity contribution in [1.82, 2.24) is 4.57 Å². The Hall–Kier alpha value is -4.41. The van der Waals surface area contributed by atoms with Crippen molar-refractivity contribution in [3.05, 3.63) is 57.6 Å². The summed E-state index contributed by atoms with van der Waals surface area (Å²) in [7, 11) is 3.06. The molecule has 1 N–H and O–H groups in total. The Labute approximate surface area is 194 Å². The van der Waals surface area contributed by atoms with Crippen molar-refractivity contribution in [2.75, 3.05) is 20.8 Å². The number of nitro groups is 1. The lowest BCUT2D eigenvalue weighted by molar-refractivity contribution is -0.384. The summed E-state index contributed by atoms with van der Waals surface area (Å²) in [5.41, 5.74) is 2.28. The molecule has 11 nitrogen and oxygen atoms in total. The van der Waals surface area contributed by atoms with Gasteiger partial charge >= 0.3 is 5.97 Å². The molecule has 0 bridgehead atoms. The number of nitrogens with zero attached hydrogens (tertiary/aromatic N) is 4. The third-order valence-corrected chi connectivity index (χ3v) is 5.49. The van der Waals surface area contributed by atoms with E-state index in [1.54, 1.807) is 24.7 Å². The summed E-state index contributed by atoms with van der Waals surface area (Å²) >= 11 is 0. The Kier molecular flexibility index (Phi) is 6.17. The number of rotatable bonds is 7. The van der Waals surface area contributed by atoms with E-state index in [-0.39, 0.29) is 29.4 Å². The number of nitro benzene ring substituents is 1. The number of benzene rings is 2. The van der Waals surface area contributed by atoms with Crippen molar-refractivity contribution in [2.45, 2.75) is 19.9 Å². The van der Waals surface area contributed by atoms with Crippen molar-refractivity contribution in [2.24, 2.45) is 10.2 Å². The van der Waals surface area contributed by atoms with Gasteiger partial charge in [0.25, 0.3) is 5.69 Å². The second-order valence-corrected chi connectivity index (χ2v) is 7.36. The second-order valence-electron chi connectivity index (χ2n) is 7.36. The molecule has 0 unspecified atom stereocenters. The zero-order chi connectivity index (χ0) is 24.4. The number of carbonyl (C=O) groups is 1. The molecule has 176 valence electrons. The standard InChI is InChI=1S/C23H22N4O7/c1-4-34-23(29)19-20(25-24-14-5-7-15(8-6-14)27(30)31)22(28)26-10-9-13-11-17(32-2)18(33-3)12-16(13)21(19)26/h5-8,11-12,28H,4,9-10H2,1-3H3. The van der Waals surface area contributed by atoms with E-state index in [4.69, 9.17) is 14.2 Å². The number of non-ortho nitro benzene ring substituents is 1. The van der Waals surface area contributed by atoms with E-state index in [0.717, 1.165) is 5.56 Å². The maximum atomic E-state index is 13.0. The van der Waals surface area contributed by atoms with Crippen LogP contribution in [-0.2, 0) is 17.7 Å². The molecule has 1 aromatic heterocycles. The molecule has 0 saturated carbocycles. The molecule has 2 aromatic carbocycles. The van der Waals surface area contributed by atoms with Crippen molar-refractivity contribution in [3.8, 4) is 28.6 Å². The quantitative estimate of drug-likeness (QED) is 0.225. The predicted octanol–water partition coefficient (Wildman–Crippen LogP) is 4.93. The molecular formula is C23H22N4O7. The average molecular weight is 466 g/mol. The summed E-state index contributed by atoms with van der Waals surface area (Å²) in [5, 5.41) is 30.1. The van der Waals surface area contributed by atoms with Crippen LogP contribution in [0.25, 0.3) is 11.3 Å². The molecule has 0 amide bonds. The van der Waals surface area contributed by atoms with Gasteiger partial charge in [-0.1, -0.05) is 0 Å². The second kappa shape index (κ2) is 9.22. The number of aromatic nitrogens is 1. The zero-order valence-electron chi connectivity index (χ0n) is 18.8. The fourth-order valence-corrected chi connectivity index (χ4v) is 3.91. The van der Waals surface area contributed by atoms with Crippen LogP contribution < -0.4 is 9.47 Å². The molecular weight excluding hydrogens is 444 g/mol. The number of esters is 1. The summed E-state index contributed by atoms with van der Waals surface area (Å²) in [6.07, 6.45) is 0.576. The van der Waals surface area contributed by atoms with Gasteiger partial charge < -0.3 is 23.9 Å². The van der Waals surface area contributed by atoms with Gasteiger partial charge in [-0.3, -0.25) is 10.1 Å². The Balaban J connectivity index is 1.87. The summed E-state index contributed by atoms with van der Waals surface area (Å²) in [6.45, 7) is 2.20. The van der Waals surface area contributed by atoms with Crippen LogP contribution >= 0.6 is 0 Å². The molecule has 0 aliphatic carbocycles. The maximum absolute atomic E-state index is 13.0. The van der Waals surface area contributed by atoms with Crippen molar-refractivity contribution in [1.29, 1.82) is 0 Å². The van der Waals surface area contributed by atoms with E-state index >= 15 is 0 Å². The summed E-state index contributed by atoms with van der Waals surface area (Å²) in [5.74, 6) is 0.136. The van der Waals surface area contributed by atoms with Crippen LogP contribution in [0.2, 0.25) is 0 Å². The molecule has 1 aliphatic heterocycles. The fourth-order valence-electron chi connectivity index (χ4n) is 3.91. The minimum Gasteiger partial charge on any atom is -0.493 e. The Bertz CT molecular complexity index is 1300. The van der Waals surface area contributed by atoms with Crippen LogP contribution in [0.15, 0.2) is 46.6 Å². The Morgan fingerprint density at radius 2 is 1.82 bits per heavy atom. The molecule has 2 heterocycles. The SMILES string of the molecule is CCOC(=O)c1c(N=Nc2ccc([N+](=O)[O-])cc2)c(O)n2c1-c1cc(OC)c(OC)cc1CC2. The first-order valence-corrected chi connectivity index (χ1v) is 10.4. The van der Waals surface area contributed by atoms with E-state index in [2.05, 4.69) is 10.2 Å². The highest BCUT2D eigenvalue weighted by Crippen LogP contribution is 2.48. The monoisotopic (exact) mass is 466 g/mol. The molecule has 34 heavy (non-hydrogen) atoms. The van der Waals surface area contributed by atoms with E-state index in [1.807, 2.05) is 6.07 Å². The van der Waals surface area contributed by atoms with Gasteiger partial charge in [-0.2, -0.15) is 5.11 Å². The Morgan fingerprint density at radius 3 is 2.44 bits per heavy atom. The molecule has 0 atom stereocenters. The van der Waals surface area contributed by atoms with Crippen LogP contribution in [0, 0.1) is 10.1 Å². The number of fused-ring (bicyclic) bond motifs is 3. The number of methoxy groups -OCH3 is 2. The first-order chi connectivity index (χ1) is 16.4. The molecule has 3 aromatic rings. The van der Waals surface area contributed by atoms with Crippen LogP contribution in [0.1, 0.15) is 22.8 Å². The van der Waals surface area contributed by atoms with Gasteiger partial charge in [0.2, 0.25) is 5.88 Å². The highest BCUT2D eigenvalue weighted by Gasteiger charge is 2.33. The van der Waals surface area contributed by atoms with Gasteiger partial charge in [0.15, 0.2) is 17.2 Å². The molecule has 0 fully saturated rings. The number of aromatic hydroxyl groups is 1. The van der Waals surface area contributed by atoms with Crippen LogP contribution in [0.3, 0.4) is 0 Å². The summed E-state index contributed by atoms with van der Waals surface area (Å²) < 4.78 is 17.7. The van der Waals surface area contributed by atoms with Crippen LogP contribution in [0.5, 0.6) is 17.4 Å². The molecule has 11 heteroatoms. The molecule has 0 saturated heterocycles. The van der Waals surface area contributed by atoms with E-state index in [0.29, 0.717) is 41.4 Å². The molecule has 4 rings (SSSR count). The minimum absolute atomic E-state index is 0.0468. The number of ether oxygens (including phenoxy) is 3. The largest absolute Gasteiger partial charge is 0.493 e. The Morgan fingerprint density at radius 1 is 1.15 bits per heavy atom. The van der Waals surface area contributed by atoms with Crippen molar-refractivity contribution >= 4 is 23.0 Å². The van der Waals surface area contributed by atoms with Gasteiger partial charge in [0.05, 0.1) is 37.1 Å². The van der Waals surface area contributed by atoms with Gasteiger partial charge in [-0.15, -0.1) is 5.11 Å². The number of hydrogen-bond donors (Lipinski definition) is 1. The van der Waals surface area contributed by atoms with Crippen molar-refractivity contribution < 1.29 is 29.0 Å². The first-order valence-electron chi connectivity index (χ1n) is 10.4. The van der Waals surface area contributed by atoms with E-state index in [9.17, 15) is 20.0 Å². The lowest BCUT2D eigenvalue weighted by Crippen LogP contribution is -2.14. The minimum atomic E-state index is -0.660. The van der Waals surface area contributed by atoms with E-state index in [1.165, 1.54) is 31.4 Å². The summed E-state index contributed by atoms with van der Waals surface area (Å²) in [6, 6.07) is 9.02. The van der Waals surface area contributed by atoms with Gasteiger partial charge in [0, 0.05) is 24.2 Å². The topological polar surface area (TPSA) is 138 Å². The molecule has 1 aliphatic rings. The maximum Gasteiger partial charge on any atom is 0.342 e. The third-order valence-electron chi connectivity index (χ3n) is 5.49. The molecule has 0 spiro atoms. The zero-order valence-corrected chi connectivity index (χ0v) is 18.8. The van der Waals surface area contributed by atoms with Crippen LogP contribution in [-0.4, -0.2) is 41.4 Å². The van der Waals surface area contributed by atoms with Gasteiger partial charge in [-0.25, -0.2) is 4.79 Å². The predicted molar refractivity (Wildman–Crippen MR) is 122 cm³/mol. The van der Waals surface area contributed by atoms with Gasteiger partial charge in [0.1, 0.15) is 5.56 Å². The fraction of sp³-hybridized carbons (Fsp3) is 0.261. The first kappa shape index (κ1) is 22.8. The summed E-state index contributed by atoms with van der Waals surface area (Å²) in [4.78, 5) is 23.3. The smallest absolute Gasteiger partial charge is 0.342 e. The van der Waals surface area contributed by atoms with Crippen LogP contribution in [0.4, 0.5) is 17.1 Å². The highest BCUT2D eigenvalue weighted by atomic mass is 16.6. The number of aryl methyl sites for hydroxylation is 1. The lowest BCUT2D eigenvalue weighted by Gasteiger charge is -2.22. The molecule has 0 radical (unpaired) electrons. The number of hydrogen-bond acceptors (Lipinski definition) is 9. The van der Waals surface area contributed by atoms with Gasteiger partial charge in [-0.05, 0) is 43.2 Å². The van der Waals surface area contributed by atoms with E-state index < -0.39 is 10.9 Å². The highest BCUT2D eigenvalue weighted by molar-refractivity contribution is 6.04.